The third-order valence-electron chi connectivity index (χ3n) is 2.43. The Morgan fingerprint density at radius 2 is 2.20 bits per heavy atom. The van der Waals surface area contributed by atoms with E-state index in [1.165, 1.54) is 0 Å². The summed E-state index contributed by atoms with van der Waals surface area (Å²) in [6, 6.07) is 0. The Balaban J connectivity index is 1.96. The first kappa shape index (κ1) is 11.2. The summed E-state index contributed by atoms with van der Waals surface area (Å²) in [4.78, 5) is 0. The van der Waals surface area contributed by atoms with Gasteiger partial charge >= 0.3 is 0 Å². The molecule has 15 heavy (non-hydrogen) atoms. The standard InChI is InChI=1S/C9H13NO4S/c1-9(2)13-7-6(11)5(3-15-4-10)12-8(7)14-9/h5-8,11H,3H2,1-2H3/t5-,6-,7-,8-/m1/s1. The van der Waals surface area contributed by atoms with E-state index in [4.69, 9.17) is 19.5 Å². The molecule has 0 spiro atoms. The van der Waals surface area contributed by atoms with Crippen LogP contribution in [0.25, 0.3) is 0 Å². The van der Waals surface area contributed by atoms with Crippen LogP contribution >= 0.6 is 11.8 Å². The number of thiocyanates is 1. The van der Waals surface area contributed by atoms with Crippen molar-refractivity contribution in [2.45, 2.75) is 44.2 Å². The van der Waals surface area contributed by atoms with Crippen molar-refractivity contribution in [1.29, 1.82) is 5.26 Å². The Morgan fingerprint density at radius 3 is 2.80 bits per heavy atom. The molecule has 0 bridgehead atoms. The van der Waals surface area contributed by atoms with E-state index in [2.05, 4.69) is 0 Å². The molecule has 1 N–H and O–H groups in total. The van der Waals surface area contributed by atoms with Crippen LogP contribution in [0.15, 0.2) is 0 Å². The lowest BCUT2D eigenvalue weighted by atomic mass is 10.1. The van der Waals surface area contributed by atoms with Gasteiger partial charge in [0.05, 0.1) is 6.10 Å². The summed E-state index contributed by atoms with van der Waals surface area (Å²) in [6.07, 6.45) is -2.07. The minimum absolute atomic E-state index is 0.388. The van der Waals surface area contributed by atoms with Gasteiger partial charge in [-0.1, -0.05) is 0 Å². The lowest BCUT2D eigenvalue weighted by molar-refractivity contribution is -0.211. The van der Waals surface area contributed by atoms with Crippen molar-refractivity contribution in [2.75, 3.05) is 5.75 Å². The first-order chi connectivity index (χ1) is 7.03. The largest absolute Gasteiger partial charge is 0.387 e. The predicted octanol–water partition coefficient (Wildman–Crippen LogP) is 0.438. The lowest BCUT2D eigenvalue weighted by Crippen LogP contribution is -2.35. The van der Waals surface area contributed by atoms with Crippen LogP contribution in [0.3, 0.4) is 0 Å². The summed E-state index contributed by atoms with van der Waals surface area (Å²) >= 11 is 1.06. The van der Waals surface area contributed by atoms with Gasteiger partial charge in [0.15, 0.2) is 12.1 Å². The summed E-state index contributed by atoms with van der Waals surface area (Å²) < 4.78 is 16.4. The number of nitrogens with zero attached hydrogens (tertiary/aromatic N) is 1. The van der Waals surface area contributed by atoms with E-state index in [-0.39, 0.29) is 6.10 Å². The molecule has 0 aromatic rings. The lowest BCUT2D eigenvalue weighted by Gasteiger charge is -2.22. The Morgan fingerprint density at radius 1 is 1.47 bits per heavy atom. The van der Waals surface area contributed by atoms with Gasteiger partial charge < -0.3 is 19.3 Å². The van der Waals surface area contributed by atoms with E-state index in [1.54, 1.807) is 13.8 Å². The minimum atomic E-state index is -0.724. The number of rotatable bonds is 2. The van der Waals surface area contributed by atoms with Crippen molar-refractivity contribution < 1.29 is 19.3 Å². The molecule has 0 amide bonds. The molecule has 4 atom stereocenters. The van der Waals surface area contributed by atoms with E-state index in [9.17, 15) is 5.11 Å². The molecular formula is C9H13NO4S. The van der Waals surface area contributed by atoms with Crippen molar-refractivity contribution in [3.63, 3.8) is 0 Å². The molecule has 2 aliphatic rings. The summed E-state index contributed by atoms with van der Waals surface area (Å²) in [5.41, 5.74) is 0. The molecule has 2 aliphatic heterocycles. The van der Waals surface area contributed by atoms with Gasteiger partial charge in [-0.2, -0.15) is 5.26 Å². The zero-order valence-corrected chi connectivity index (χ0v) is 9.36. The SMILES string of the molecule is CC1(C)O[C@H]2O[C@H](CSC#N)[C@@H](O)[C@H]2O1. The molecule has 84 valence electrons. The molecule has 0 unspecified atom stereocenters. The van der Waals surface area contributed by atoms with Crippen LogP contribution in [0.5, 0.6) is 0 Å². The van der Waals surface area contributed by atoms with Crippen LogP contribution in [-0.4, -0.2) is 41.2 Å². The number of hydrogen-bond acceptors (Lipinski definition) is 6. The van der Waals surface area contributed by atoms with Gasteiger partial charge in [-0.3, -0.25) is 0 Å². The van der Waals surface area contributed by atoms with Crippen LogP contribution in [0, 0.1) is 10.7 Å². The van der Waals surface area contributed by atoms with Gasteiger partial charge in [0, 0.05) is 5.75 Å². The van der Waals surface area contributed by atoms with Crippen molar-refractivity contribution in [3.8, 4) is 5.40 Å². The van der Waals surface area contributed by atoms with E-state index in [0.717, 1.165) is 11.8 Å². The Labute approximate surface area is 92.3 Å². The first-order valence-electron chi connectivity index (χ1n) is 4.73. The maximum absolute atomic E-state index is 9.87. The van der Waals surface area contributed by atoms with E-state index in [1.807, 2.05) is 5.40 Å². The average molecular weight is 231 g/mol. The van der Waals surface area contributed by atoms with Crippen molar-refractivity contribution >= 4 is 11.8 Å². The highest BCUT2D eigenvalue weighted by Gasteiger charge is 2.54. The van der Waals surface area contributed by atoms with Crippen LogP contribution in [-0.2, 0) is 14.2 Å². The van der Waals surface area contributed by atoms with Gasteiger partial charge in [0.2, 0.25) is 0 Å². The van der Waals surface area contributed by atoms with Crippen LogP contribution < -0.4 is 0 Å². The van der Waals surface area contributed by atoms with E-state index in [0.29, 0.717) is 5.75 Å². The monoisotopic (exact) mass is 231 g/mol. The van der Waals surface area contributed by atoms with Gasteiger partial charge in [-0.15, -0.1) is 0 Å². The average Bonchev–Trinajstić information content (AvgIpc) is 2.58. The fraction of sp³-hybridized carbons (Fsp3) is 0.889. The summed E-state index contributed by atoms with van der Waals surface area (Å²) in [6.45, 7) is 3.56. The molecule has 2 fully saturated rings. The molecule has 2 saturated heterocycles. The number of nitriles is 1. The summed E-state index contributed by atoms with van der Waals surface area (Å²) in [5, 5.41) is 20.2. The number of aliphatic hydroxyl groups excluding tert-OH is 1. The number of thioether (sulfide) groups is 1. The second-order valence-corrected chi connectivity index (χ2v) is 4.84. The zero-order chi connectivity index (χ0) is 11.1. The second kappa shape index (κ2) is 3.92. The van der Waals surface area contributed by atoms with Gasteiger partial charge in [0.25, 0.3) is 0 Å². The minimum Gasteiger partial charge on any atom is -0.387 e. The predicted molar refractivity (Wildman–Crippen MR) is 52.8 cm³/mol. The molecule has 6 heteroatoms. The Bertz CT molecular complexity index is 290. The van der Waals surface area contributed by atoms with Gasteiger partial charge in [-0.05, 0) is 25.6 Å². The third kappa shape index (κ3) is 2.12. The summed E-state index contributed by atoms with van der Waals surface area (Å²) in [5.74, 6) is -0.276. The maximum atomic E-state index is 9.87. The maximum Gasteiger partial charge on any atom is 0.190 e. The van der Waals surface area contributed by atoms with Gasteiger partial charge in [-0.25, -0.2) is 0 Å². The number of fused-ring (bicyclic) bond motifs is 1. The van der Waals surface area contributed by atoms with E-state index < -0.39 is 24.3 Å². The first-order valence-corrected chi connectivity index (χ1v) is 5.72. The fourth-order valence-electron chi connectivity index (χ4n) is 1.82. The molecule has 2 heterocycles. The highest BCUT2D eigenvalue weighted by Crippen LogP contribution is 2.37. The third-order valence-corrected chi connectivity index (χ3v) is 3.05. The molecular weight excluding hydrogens is 218 g/mol. The number of ether oxygens (including phenoxy) is 3. The van der Waals surface area contributed by atoms with Crippen LogP contribution in [0.1, 0.15) is 13.8 Å². The molecule has 0 radical (unpaired) electrons. The molecule has 2 rings (SSSR count). The van der Waals surface area contributed by atoms with Crippen molar-refractivity contribution in [2.24, 2.45) is 0 Å². The molecule has 0 aliphatic carbocycles. The molecule has 0 aromatic carbocycles. The number of aliphatic hydroxyl groups is 1. The van der Waals surface area contributed by atoms with Crippen molar-refractivity contribution in [3.05, 3.63) is 0 Å². The normalized spacial score (nSPS) is 42.5. The van der Waals surface area contributed by atoms with Crippen molar-refractivity contribution in [1.82, 2.24) is 0 Å². The Hall–Kier alpha value is -0.320. The molecule has 0 saturated carbocycles. The zero-order valence-electron chi connectivity index (χ0n) is 8.54. The Kier molecular flexibility index (Phi) is 2.92. The smallest absolute Gasteiger partial charge is 0.190 e. The number of hydrogen-bond donors (Lipinski definition) is 1. The van der Waals surface area contributed by atoms with Crippen LogP contribution in [0.2, 0.25) is 0 Å². The molecule has 0 aromatic heterocycles. The molecule has 5 nitrogen and oxygen atoms in total. The van der Waals surface area contributed by atoms with Gasteiger partial charge in [0.1, 0.15) is 17.6 Å². The fourth-order valence-corrected chi connectivity index (χ4v) is 2.33. The van der Waals surface area contributed by atoms with E-state index >= 15 is 0 Å². The summed E-state index contributed by atoms with van der Waals surface area (Å²) in [7, 11) is 0. The quantitative estimate of drug-likeness (QED) is 0.695. The van der Waals surface area contributed by atoms with Crippen LogP contribution in [0.4, 0.5) is 0 Å². The highest BCUT2D eigenvalue weighted by atomic mass is 32.2. The second-order valence-electron chi connectivity index (χ2n) is 4.04. The highest BCUT2D eigenvalue weighted by molar-refractivity contribution is 8.03. The topological polar surface area (TPSA) is 71.7 Å².